The number of hydrogen-bond donors (Lipinski definition) is 1. The first kappa shape index (κ1) is 22.0. The largest absolute Gasteiger partial charge is 0.462 e. The lowest BCUT2D eigenvalue weighted by molar-refractivity contribution is -0.114. The molecule has 0 atom stereocenters. The van der Waals surface area contributed by atoms with E-state index in [2.05, 4.69) is 4.98 Å². The first-order valence-electron chi connectivity index (χ1n) is 10.3. The summed E-state index contributed by atoms with van der Waals surface area (Å²) in [5.74, 6) is -1.91. The Hall–Kier alpha value is -3.67. The number of Topliss-reactive ketones (excluding diaryl/α,β-unsaturated/α-hetero) is 1. The standard InChI is InChI=1S/C25H26N2O4/c1-5-27(19-10-8-7-9-11-19)24(29)23(28)22-21(18-14-12-16(3)13-15-18)20(17(4)26-22)25(30)31-6-2/h7-15,26H,5-6H2,1-4H3. The number of likely N-dealkylation sites (N-methyl/N-ethyl adjacent to an activating group) is 1. The molecule has 0 unspecified atom stereocenters. The number of carbonyl (C=O) groups excluding carboxylic acids is 3. The highest BCUT2D eigenvalue weighted by molar-refractivity contribution is 6.48. The molecule has 0 saturated carbocycles. The van der Waals surface area contributed by atoms with Gasteiger partial charge >= 0.3 is 11.9 Å². The van der Waals surface area contributed by atoms with Crippen LogP contribution >= 0.6 is 0 Å². The number of aryl methyl sites for hydroxylation is 2. The second-order valence-corrected chi connectivity index (χ2v) is 7.18. The van der Waals surface area contributed by atoms with Gasteiger partial charge in [-0.25, -0.2) is 4.79 Å². The molecule has 0 fully saturated rings. The molecule has 2 aromatic carbocycles. The van der Waals surface area contributed by atoms with Gasteiger partial charge in [-0.3, -0.25) is 9.59 Å². The predicted octanol–water partition coefficient (Wildman–Crippen LogP) is 4.71. The summed E-state index contributed by atoms with van der Waals surface area (Å²) in [7, 11) is 0. The molecule has 0 saturated heterocycles. The smallest absolute Gasteiger partial charge is 0.340 e. The fourth-order valence-electron chi connectivity index (χ4n) is 3.54. The Labute approximate surface area is 181 Å². The number of aromatic nitrogens is 1. The van der Waals surface area contributed by atoms with Crippen LogP contribution in [0.1, 0.15) is 46.0 Å². The molecule has 1 amide bonds. The molecular weight excluding hydrogens is 392 g/mol. The Kier molecular flexibility index (Phi) is 6.70. The summed E-state index contributed by atoms with van der Waals surface area (Å²) in [5.41, 5.74) is 3.56. The number of ketones is 1. The van der Waals surface area contributed by atoms with Gasteiger partial charge in [0.1, 0.15) is 5.69 Å². The fraction of sp³-hybridized carbons (Fsp3) is 0.240. The number of hydrogen-bond acceptors (Lipinski definition) is 4. The Bertz CT molecular complexity index is 1100. The van der Waals surface area contributed by atoms with Gasteiger partial charge in [0, 0.05) is 23.5 Å². The molecule has 6 heteroatoms. The van der Waals surface area contributed by atoms with Gasteiger partial charge in [-0.05, 0) is 45.4 Å². The van der Waals surface area contributed by atoms with Gasteiger partial charge < -0.3 is 14.6 Å². The molecule has 1 heterocycles. The van der Waals surface area contributed by atoms with Gasteiger partial charge in [0.15, 0.2) is 0 Å². The molecule has 1 aromatic heterocycles. The molecule has 3 rings (SSSR count). The molecule has 0 aliphatic carbocycles. The summed E-state index contributed by atoms with van der Waals surface area (Å²) < 4.78 is 5.22. The van der Waals surface area contributed by atoms with E-state index in [9.17, 15) is 14.4 Å². The second-order valence-electron chi connectivity index (χ2n) is 7.18. The Balaban J connectivity index is 2.12. The summed E-state index contributed by atoms with van der Waals surface area (Å²) in [6, 6.07) is 16.5. The maximum atomic E-state index is 13.4. The van der Waals surface area contributed by atoms with Crippen molar-refractivity contribution in [1.82, 2.24) is 4.98 Å². The van der Waals surface area contributed by atoms with Crippen LogP contribution in [0.25, 0.3) is 11.1 Å². The van der Waals surface area contributed by atoms with Gasteiger partial charge in [-0.1, -0.05) is 48.0 Å². The highest BCUT2D eigenvalue weighted by Gasteiger charge is 2.32. The summed E-state index contributed by atoms with van der Waals surface area (Å²) in [6.07, 6.45) is 0. The predicted molar refractivity (Wildman–Crippen MR) is 120 cm³/mol. The highest BCUT2D eigenvalue weighted by Crippen LogP contribution is 2.32. The van der Waals surface area contributed by atoms with Crippen molar-refractivity contribution in [3.63, 3.8) is 0 Å². The number of rotatable bonds is 7. The lowest BCUT2D eigenvalue weighted by Gasteiger charge is -2.20. The molecule has 31 heavy (non-hydrogen) atoms. The maximum absolute atomic E-state index is 13.4. The van der Waals surface area contributed by atoms with Gasteiger partial charge in [0.25, 0.3) is 5.78 Å². The molecule has 0 aliphatic heterocycles. The summed E-state index contributed by atoms with van der Waals surface area (Å²) in [5, 5.41) is 0. The molecular formula is C25H26N2O4. The average Bonchev–Trinajstić information content (AvgIpc) is 3.12. The van der Waals surface area contributed by atoms with Crippen molar-refractivity contribution < 1.29 is 19.1 Å². The van der Waals surface area contributed by atoms with E-state index in [1.54, 1.807) is 26.0 Å². The minimum Gasteiger partial charge on any atom is -0.462 e. The summed E-state index contributed by atoms with van der Waals surface area (Å²) in [4.78, 5) is 43.6. The normalized spacial score (nSPS) is 10.6. The zero-order valence-corrected chi connectivity index (χ0v) is 18.2. The lowest BCUT2D eigenvalue weighted by Crippen LogP contribution is -2.37. The maximum Gasteiger partial charge on any atom is 0.340 e. The zero-order valence-electron chi connectivity index (χ0n) is 18.2. The van der Waals surface area contributed by atoms with Crippen LogP contribution in [-0.2, 0) is 9.53 Å². The van der Waals surface area contributed by atoms with Crippen LogP contribution in [0.5, 0.6) is 0 Å². The van der Waals surface area contributed by atoms with Crippen molar-refractivity contribution in [3.05, 3.63) is 77.1 Å². The number of para-hydroxylation sites is 1. The van der Waals surface area contributed by atoms with Crippen LogP contribution in [0.3, 0.4) is 0 Å². The molecule has 0 radical (unpaired) electrons. The van der Waals surface area contributed by atoms with Crippen LogP contribution in [0.4, 0.5) is 5.69 Å². The SMILES string of the molecule is CCOC(=O)c1c(C)[nH]c(C(=O)C(=O)N(CC)c2ccccc2)c1-c1ccc(C)cc1. The molecule has 160 valence electrons. The highest BCUT2D eigenvalue weighted by atomic mass is 16.5. The van der Waals surface area contributed by atoms with Gasteiger partial charge in [0.2, 0.25) is 0 Å². The quantitative estimate of drug-likeness (QED) is 0.342. The molecule has 3 aromatic rings. The first-order chi connectivity index (χ1) is 14.9. The zero-order chi connectivity index (χ0) is 22.5. The topological polar surface area (TPSA) is 79.5 Å². The van der Waals surface area contributed by atoms with Crippen LogP contribution in [-0.4, -0.2) is 35.8 Å². The third-order valence-corrected chi connectivity index (χ3v) is 5.06. The first-order valence-corrected chi connectivity index (χ1v) is 10.3. The third-order valence-electron chi connectivity index (χ3n) is 5.06. The van der Waals surface area contributed by atoms with Gasteiger partial charge in [-0.2, -0.15) is 0 Å². The van der Waals surface area contributed by atoms with Crippen molar-refractivity contribution >= 4 is 23.3 Å². The number of nitrogens with zero attached hydrogens (tertiary/aromatic N) is 1. The Morgan fingerprint density at radius 1 is 0.935 bits per heavy atom. The van der Waals surface area contributed by atoms with E-state index in [0.29, 0.717) is 29.1 Å². The number of anilines is 1. The molecule has 0 bridgehead atoms. The number of nitrogens with one attached hydrogen (secondary N) is 1. The molecule has 0 spiro atoms. The van der Waals surface area contributed by atoms with Crippen LogP contribution in [0, 0.1) is 13.8 Å². The molecule has 1 N–H and O–H groups in total. The molecule has 6 nitrogen and oxygen atoms in total. The number of esters is 1. The van der Waals surface area contributed by atoms with Crippen molar-refractivity contribution in [2.24, 2.45) is 0 Å². The molecule has 0 aliphatic rings. The van der Waals surface area contributed by atoms with E-state index < -0.39 is 17.7 Å². The number of benzene rings is 2. The van der Waals surface area contributed by atoms with Crippen LogP contribution < -0.4 is 4.90 Å². The Morgan fingerprint density at radius 2 is 1.58 bits per heavy atom. The van der Waals surface area contributed by atoms with E-state index in [0.717, 1.165) is 5.56 Å². The number of carbonyl (C=O) groups is 3. The third kappa shape index (κ3) is 4.43. The summed E-state index contributed by atoms with van der Waals surface area (Å²) >= 11 is 0. The van der Waals surface area contributed by atoms with Crippen molar-refractivity contribution in [2.45, 2.75) is 27.7 Å². The summed E-state index contributed by atoms with van der Waals surface area (Å²) in [6.45, 7) is 7.71. The Morgan fingerprint density at radius 3 is 2.16 bits per heavy atom. The average molecular weight is 418 g/mol. The number of ether oxygens (including phenoxy) is 1. The van der Waals surface area contributed by atoms with E-state index in [1.807, 2.05) is 56.3 Å². The number of H-pyrrole nitrogens is 1. The monoisotopic (exact) mass is 418 g/mol. The van der Waals surface area contributed by atoms with Crippen molar-refractivity contribution in [3.8, 4) is 11.1 Å². The van der Waals surface area contributed by atoms with Crippen molar-refractivity contribution in [1.29, 1.82) is 0 Å². The van der Waals surface area contributed by atoms with Gasteiger partial charge in [0.05, 0.1) is 12.2 Å². The van der Waals surface area contributed by atoms with E-state index >= 15 is 0 Å². The van der Waals surface area contributed by atoms with Crippen LogP contribution in [0.2, 0.25) is 0 Å². The van der Waals surface area contributed by atoms with E-state index in [1.165, 1.54) is 4.90 Å². The fourth-order valence-corrected chi connectivity index (χ4v) is 3.54. The van der Waals surface area contributed by atoms with E-state index in [-0.39, 0.29) is 17.9 Å². The van der Waals surface area contributed by atoms with Crippen LogP contribution in [0.15, 0.2) is 54.6 Å². The van der Waals surface area contributed by atoms with Crippen molar-refractivity contribution in [2.75, 3.05) is 18.1 Å². The minimum absolute atomic E-state index is 0.0868. The van der Waals surface area contributed by atoms with Gasteiger partial charge in [-0.15, -0.1) is 0 Å². The minimum atomic E-state index is -0.708. The second kappa shape index (κ2) is 9.43. The lowest BCUT2D eigenvalue weighted by atomic mass is 9.97. The number of aromatic amines is 1. The van der Waals surface area contributed by atoms with E-state index in [4.69, 9.17) is 4.74 Å². The number of amides is 1.